The lowest BCUT2D eigenvalue weighted by Gasteiger charge is -2.11. The highest BCUT2D eigenvalue weighted by molar-refractivity contribution is 6.04. The first-order valence-corrected chi connectivity index (χ1v) is 6.84. The van der Waals surface area contributed by atoms with Crippen LogP contribution in [0, 0.1) is 0 Å². The van der Waals surface area contributed by atoms with Crippen LogP contribution in [0.2, 0.25) is 0 Å². The lowest BCUT2D eigenvalue weighted by molar-refractivity contribution is -0.306. The van der Waals surface area contributed by atoms with Crippen molar-refractivity contribution in [3.63, 3.8) is 0 Å². The van der Waals surface area contributed by atoms with Gasteiger partial charge in [-0.15, -0.1) is 5.11 Å². The molecule has 2 rings (SSSR count). The van der Waals surface area contributed by atoms with E-state index in [1.54, 1.807) is 48.5 Å². The van der Waals surface area contributed by atoms with E-state index in [0.29, 0.717) is 16.9 Å². The molecule has 0 atom stereocenters. The molecule has 1 amide bonds. The number of amides is 1. The Morgan fingerprint density at radius 1 is 1.09 bits per heavy atom. The number of carboxylic acids is 1. The summed E-state index contributed by atoms with van der Waals surface area (Å²) < 4.78 is 0. The highest BCUT2D eigenvalue weighted by Crippen LogP contribution is 2.17. The number of hydrogen-bond acceptors (Lipinski definition) is 5. The average Bonchev–Trinajstić information content (AvgIpc) is 2.54. The zero-order valence-electron chi connectivity index (χ0n) is 12.5. The SMILES string of the molecule is CN(CC(=O)[O-])N=Nc1ccc(NC(=O)c2ccccc2)cc1. The van der Waals surface area contributed by atoms with Gasteiger partial charge in [-0.25, -0.2) is 0 Å². The van der Waals surface area contributed by atoms with Crippen LogP contribution in [-0.2, 0) is 4.79 Å². The molecule has 0 saturated heterocycles. The minimum Gasteiger partial charge on any atom is -0.548 e. The lowest BCUT2D eigenvalue weighted by Crippen LogP contribution is -2.33. The molecule has 7 heteroatoms. The smallest absolute Gasteiger partial charge is 0.255 e. The van der Waals surface area contributed by atoms with Crippen molar-refractivity contribution >= 4 is 23.3 Å². The van der Waals surface area contributed by atoms with Crippen molar-refractivity contribution in [1.29, 1.82) is 0 Å². The molecule has 0 heterocycles. The molecular formula is C16H15N4O3-. The first kappa shape index (κ1) is 16.2. The predicted molar refractivity (Wildman–Crippen MR) is 83.0 cm³/mol. The summed E-state index contributed by atoms with van der Waals surface area (Å²) >= 11 is 0. The first-order chi connectivity index (χ1) is 11.0. The van der Waals surface area contributed by atoms with Crippen molar-refractivity contribution < 1.29 is 14.7 Å². The van der Waals surface area contributed by atoms with Gasteiger partial charge in [-0.3, -0.25) is 9.80 Å². The summed E-state index contributed by atoms with van der Waals surface area (Å²) in [5.74, 6) is -1.43. The van der Waals surface area contributed by atoms with Crippen LogP contribution in [0.4, 0.5) is 11.4 Å². The highest BCUT2D eigenvalue weighted by atomic mass is 16.4. The summed E-state index contributed by atoms with van der Waals surface area (Å²) in [5, 5.41) is 21.9. The Labute approximate surface area is 133 Å². The number of carboxylic acid groups (broad SMARTS) is 1. The van der Waals surface area contributed by atoms with Gasteiger partial charge in [0, 0.05) is 18.3 Å². The third-order valence-electron chi connectivity index (χ3n) is 2.83. The number of nitrogens with one attached hydrogen (secondary N) is 1. The molecule has 0 aliphatic carbocycles. The van der Waals surface area contributed by atoms with Gasteiger partial charge in [0.1, 0.15) is 0 Å². The molecule has 0 spiro atoms. The highest BCUT2D eigenvalue weighted by Gasteiger charge is 2.04. The Bertz CT molecular complexity index is 699. The third-order valence-corrected chi connectivity index (χ3v) is 2.83. The number of nitrogens with zero attached hydrogens (tertiary/aromatic N) is 3. The molecule has 0 aliphatic heterocycles. The van der Waals surface area contributed by atoms with Gasteiger partial charge < -0.3 is 15.2 Å². The molecular weight excluding hydrogens is 296 g/mol. The molecule has 0 aliphatic rings. The van der Waals surface area contributed by atoms with E-state index in [-0.39, 0.29) is 12.5 Å². The summed E-state index contributed by atoms with van der Waals surface area (Å²) in [7, 11) is 1.48. The van der Waals surface area contributed by atoms with Crippen molar-refractivity contribution in [2.75, 3.05) is 18.9 Å². The van der Waals surface area contributed by atoms with Gasteiger partial charge in [0.2, 0.25) is 0 Å². The van der Waals surface area contributed by atoms with Crippen molar-refractivity contribution in [2.45, 2.75) is 0 Å². The summed E-state index contributed by atoms with van der Waals surface area (Å²) in [6.07, 6.45) is 0. The molecule has 1 N–H and O–H groups in total. The lowest BCUT2D eigenvalue weighted by atomic mass is 10.2. The second-order valence-corrected chi connectivity index (χ2v) is 4.74. The van der Waals surface area contributed by atoms with E-state index in [1.807, 2.05) is 6.07 Å². The van der Waals surface area contributed by atoms with Crippen LogP contribution in [0.15, 0.2) is 64.9 Å². The number of aliphatic carboxylic acids is 1. The van der Waals surface area contributed by atoms with Crippen molar-refractivity contribution in [2.24, 2.45) is 10.3 Å². The Kier molecular flexibility index (Phi) is 5.40. The fraction of sp³-hybridized carbons (Fsp3) is 0.125. The summed E-state index contributed by atoms with van der Waals surface area (Å²) in [4.78, 5) is 22.4. The standard InChI is InChI=1S/C16H16N4O3/c1-20(11-15(21)22)19-18-14-9-7-13(8-10-14)17-16(23)12-5-3-2-4-6-12/h2-10H,11H2,1H3,(H,17,23)(H,21,22)/p-1. The van der Waals surface area contributed by atoms with E-state index in [4.69, 9.17) is 0 Å². The van der Waals surface area contributed by atoms with Crippen LogP contribution in [0.25, 0.3) is 0 Å². The van der Waals surface area contributed by atoms with Gasteiger partial charge in [0.15, 0.2) is 0 Å². The Morgan fingerprint density at radius 3 is 2.35 bits per heavy atom. The number of carbonyl (C=O) groups is 2. The van der Waals surface area contributed by atoms with Gasteiger partial charge in [0.25, 0.3) is 5.91 Å². The molecule has 118 valence electrons. The van der Waals surface area contributed by atoms with Gasteiger partial charge in [-0.2, -0.15) is 0 Å². The van der Waals surface area contributed by atoms with E-state index < -0.39 is 5.97 Å². The zero-order chi connectivity index (χ0) is 16.7. The summed E-state index contributed by atoms with van der Waals surface area (Å²) in [6, 6.07) is 15.6. The molecule has 0 saturated carbocycles. The number of anilines is 1. The van der Waals surface area contributed by atoms with Crippen LogP contribution in [0.5, 0.6) is 0 Å². The number of carbonyl (C=O) groups excluding carboxylic acids is 2. The van der Waals surface area contributed by atoms with E-state index in [9.17, 15) is 14.7 Å². The van der Waals surface area contributed by atoms with Gasteiger partial charge in [-0.1, -0.05) is 23.4 Å². The first-order valence-electron chi connectivity index (χ1n) is 6.84. The van der Waals surface area contributed by atoms with Gasteiger partial charge >= 0.3 is 0 Å². The van der Waals surface area contributed by atoms with Crippen LogP contribution in [0.3, 0.4) is 0 Å². The molecule has 0 unspecified atom stereocenters. The topological polar surface area (TPSA) is 97.2 Å². The van der Waals surface area contributed by atoms with Crippen molar-refractivity contribution in [3.8, 4) is 0 Å². The second kappa shape index (κ2) is 7.69. The molecule has 2 aromatic carbocycles. The molecule has 0 fully saturated rings. The van der Waals surface area contributed by atoms with Crippen LogP contribution < -0.4 is 10.4 Å². The fourth-order valence-electron chi connectivity index (χ4n) is 1.75. The van der Waals surface area contributed by atoms with E-state index in [0.717, 1.165) is 5.01 Å². The Balaban J connectivity index is 1.96. The maximum Gasteiger partial charge on any atom is 0.255 e. The number of likely N-dealkylation sites (N-methyl/N-ethyl adjacent to an activating group) is 1. The summed E-state index contributed by atoms with van der Waals surface area (Å²) in [6.45, 7) is -0.339. The number of benzene rings is 2. The quantitative estimate of drug-likeness (QED) is 0.647. The van der Waals surface area contributed by atoms with Crippen LogP contribution in [0.1, 0.15) is 10.4 Å². The molecule has 7 nitrogen and oxygen atoms in total. The largest absolute Gasteiger partial charge is 0.548 e. The molecule has 23 heavy (non-hydrogen) atoms. The Morgan fingerprint density at radius 2 is 1.74 bits per heavy atom. The Hall–Kier alpha value is -3.22. The monoisotopic (exact) mass is 311 g/mol. The summed E-state index contributed by atoms with van der Waals surface area (Å²) in [5.41, 5.74) is 1.73. The van der Waals surface area contributed by atoms with Gasteiger partial charge in [-0.05, 0) is 36.4 Å². The third kappa shape index (κ3) is 5.24. The maximum absolute atomic E-state index is 12.0. The zero-order valence-corrected chi connectivity index (χ0v) is 12.5. The van der Waals surface area contributed by atoms with E-state index in [1.165, 1.54) is 7.05 Å². The maximum atomic E-state index is 12.0. The van der Waals surface area contributed by atoms with Crippen molar-refractivity contribution in [3.05, 3.63) is 60.2 Å². The van der Waals surface area contributed by atoms with Crippen LogP contribution in [-0.4, -0.2) is 30.5 Å². The minimum atomic E-state index is -1.23. The fourth-order valence-corrected chi connectivity index (χ4v) is 1.75. The number of hydrogen-bond donors (Lipinski definition) is 1. The van der Waals surface area contributed by atoms with Gasteiger partial charge in [0.05, 0.1) is 18.2 Å². The molecule has 0 radical (unpaired) electrons. The molecule has 0 bridgehead atoms. The molecule has 0 aromatic heterocycles. The predicted octanol–water partition coefficient (Wildman–Crippen LogP) is 1.62. The minimum absolute atomic E-state index is 0.200. The molecule has 2 aromatic rings. The normalized spacial score (nSPS) is 10.5. The van der Waals surface area contributed by atoms with Crippen molar-refractivity contribution in [1.82, 2.24) is 5.01 Å². The van der Waals surface area contributed by atoms with E-state index >= 15 is 0 Å². The van der Waals surface area contributed by atoms with E-state index in [2.05, 4.69) is 15.7 Å². The second-order valence-electron chi connectivity index (χ2n) is 4.74. The number of rotatable bonds is 6. The van der Waals surface area contributed by atoms with Crippen LogP contribution >= 0.6 is 0 Å². The average molecular weight is 311 g/mol.